The van der Waals surface area contributed by atoms with Crippen LogP contribution in [0.3, 0.4) is 0 Å². The monoisotopic (exact) mass is 308 g/mol. The maximum atomic E-state index is 12.0. The van der Waals surface area contributed by atoms with Gasteiger partial charge in [0.2, 0.25) is 0 Å². The summed E-state index contributed by atoms with van der Waals surface area (Å²) in [5.74, 6) is -0.0273. The SMILES string of the molecule is Cc1ncc(CO)c(C=Nc2ccc(OC(F)F)cc2)c1O. The first kappa shape index (κ1) is 15.8. The predicted octanol–water partition coefficient (Wildman–Crippen LogP) is 2.94. The van der Waals surface area contributed by atoms with E-state index in [9.17, 15) is 19.0 Å². The van der Waals surface area contributed by atoms with Crippen LogP contribution in [0.2, 0.25) is 0 Å². The minimum atomic E-state index is -2.88. The number of aryl methyl sites for hydroxylation is 1. The number of alkyl halides is 2. The van der Waals surface area contributed by atoms with E-state index < -0.39 is 6.61 Å². The van der Waals surface area contributed by atoms with Crippen LogP contribution in [0, 0.1) is 6.92 Å². The zero-order chi connectivity index (χ0) is 16.1. The highest BCUT2D eigenvalue weighted by Gasteiger charge is 2.09. The Morgan fingerprint density at radius 3 is 2.59 bits per heavy atom. The Bertz CT molecular complexity index is 673. The number of halogens is 2. The number of aromatic nitrogens is 1. The van der Waals surface area contributed by atoms with Crippen molar-refractivity contribution in [3.63, 3.8) is 0 Å². The molecular formula is C15H14F2N2O3. The third kappa shape index (κ3) is 3.76. The Labute approximate surface area is 125 Å². The van der Waals surface area contributed by atoms with Crippen LogP contribution in [0.5, 0.6) is 11.5 Å². The predicted molar refractivity (Wildman–Crippen MR) is 76.9 cm³/mol. The first-order chi connectivity index (χ1) is 10.5. The van der Waals surface area contributed by atoms with Crippen molar-refractivity contribution in [2.75, 3.05) is 0 Å². The van der Waals surface area contributed by atoms with Gasteiger partial charge < -0.3 is 14.9 Å². The minimum absolute atomic E-state index is 0.0348. The molecule has 2 rings (SSSR count). The second-order valence-electron chi connectivity index (χ2n) is 4.42. The van der Waals surface area contributed by atoms with Gasteiger partial charge in [0.1, 0.15) is 11.5 Å². The molecule has 0 spiro atoms. The average Bonchev–Trinajstić information content (AvgIpc) is 2.49. The van der Waals surface area contributed by atoms with Crippen molar-refractivity contribution >= 4 is 11.9 Å². The van der Waals surface area contributed by atoms with E-state index in [1.54, 1.807) is 6.92 Å². The van der Waals surface area contributed by atoms with Crippen LogP contribution in [0.4, 0.5) is 14.5 Å². The molecule has 0 aliphatic carbocycles. The maximum absolute atomic E-state index is 12.0. The van der Waals surface area contributed by atoms with E-state index in [4.69, 9.17) is 0 Å². The van der Waals surface area contributed by atoms with Gasteiger partial charge in [-0.3, -0.25) is 9.98 Å². The van der Waals surface area contributed by atoms with Crippen LogP contribution in [-0.2, 0) is 6.61 Å². The van der Waals surface area contributed by atoms with Gasteiger partial charge in [0.05, 0.1) is 18.0 Å². The highest BCUT2D eigenvalue weighted by molar-refractivity contribution is 5.87. The third-order valence-corrected chi connectivity index (χ3v) is 2.93. The van der Waals surface area contributed by atoms with Crippen molar-refractivity contribution in [1.29, 1.82) is 0 Å². The fourth-order valence-corrected chi connectivity index (χ4v) is 1.78. The summed E-state index contributed by atoms with van der Waals surface area (Å²) in [6, 6.07) is 5.72. The summed E-state index contributed by atoms with van der Waals surface area (Å²) in [7, 11) is 0. The molecule has 2 aromatic rings. The molecule has 0 radical (unpaired) electrons. The number of rotatable bonds is 5. The lowest BCUT2D eigenvalue weighted by Crippen LogP contribution is -2.01. The molecular weight excluding hydrogens is 294 g/mol. The fourth-order valence-electron chi connectivity index (χ4n) is 1.78. The Hall–Kier alpha value is -2.54. The molecule has 1 aromatic carbocycles. The van der Waals surface area contributed by atoms with E-state index >= 15 is 0 Å². The molecule has 0 aliphatic rings. The lowest BCUT2D eigenvalue weighted by atomic mass is 10.1. The molecule has 0 unspecified atom stereocenters. The molecule has 22 heavy (non-hydrogen) atoms. The zero-order valence-electron chi connectivity index (χ0n) is 11.7. The Morgan fingerprint density at radius 1 is 1.32 bits per heavy atom. The summed E-state index contributed by atoms with van der Waals surface area (Å²) in [4.78, 5) is 8.09. The van der Waals surface area contributed by atoms with Crippen molar-refractivity contribution in [2.24, 2.45) is 4.99 Å². The van der Waals surface area contributed by atoms with Gasteiger partial charge in [-0.2, -0.15) is 8.78 Å². The van der Waals surface area contributed by atoms with Crippen LogP contribution in [0.25, 0.3) is 0 Å². The number of aliphatic imine (C=N–C) groups is 1. The normalized spacial score (nSPS) is 11.3. The van der Waals surface area contributed by atoms with Crippen LogP contribution in [-0.4, -0.2) is 28.0 Å². The smallest absolute Gasteiger partial charge is 0.387 e. The van der Waals surface area contributed by atoms with Gasteiger partial charge in [-0.25, -0.2) is 0 Å². The first-order valence-corrected chi connectivity index (χ1v) is 6.38. The van der Waals surface area contributed by atoms with Gasteiger partial charge in [0, 0.05) is 23.5 Å². The number of pyridine rings is 1. The number of nitrogens with zero attached hydrogens (tertiary/aromatic N) is 2. The zero-order valence-corrected chi connectivity index (χ0v) is 11.7. The number of hydrogen-bond acceptors (Lipinski definition) is 5. The molecule has 2 N–H and O–H groups in total. The third-order valence-electron chi connectivity index (χ3n) is 2.93. The Kier molecular flexibility index (Phi) is 5.00. The van der Waals surface area contributed by atoms with Gasteiger partial charge in [0.15, 0.2) is 0 Å². The Morgan fingerprint density at radius 2 is 2.00 bits per heavy atom. The van der Waals surface area contributed by atoms with Crippen LogP contribution in [0.15, 0.2) is 35.5 Å². The molecule has 116 valence electrons. The summed E-state index contributed by atoms with van der Waals surface area (Å²) in [6.07, 6.45) is 2.84. The molecule has 0 saturated heterocycles. The molecule has 0 bridgehead atoms. The number of aliphatic hydroxyl groups is 1. The molecule has 1 aromatic heterocycles. The van der Waals surface area contributed by atoms with Crippen molar-refractivity contribution in [2.45, 2.75) is 20.1 Å². The van der Waals surface area contributed by atoms with Crippen LogP contribution >= 0.6 is 0 Å². The van der Waals surface area contributed by atoms with Crippen molar-refractivity contribution in [3.8, 4) is 11.5 Å². The van der Waals surface area contributed by atoms with E-state index in [1.807, 2.05) is 0 Å². The Balaban J connectivity index is 2.23. The second-order valence-corrected chi connectivity index (χ2v) is 4.42. The van der Waals surface area contributed by atoms with Crippen LogP contribution < -0.4 is 4.74 Å². The second kappa shape index (κ2) is 6.95. The molecule has 7 heteroatoms. The minimum Gasteiger partial charge on any atom is -0.505 e. The van der Waals surface area contributed by atoms with Gasteiger partial charge in [-0.05, 0) is 31.2 Å². The number of aliphatic hydroxyl groups excluding tert-OH is 1. The van der Waals surface area contributed by atoms with Crippen molar-refractivity contribution in [3.05, 3.63) is 47.3 Å². The van der Waals surface area contributed by atoms with E-state index in [-0.39, 0.29) is 18.1 Å². The van der Waals surface area contributed by atoms with Gasteiger partial charge in [0.25, 0.3) is 0 Å². The molecule has 5 nitrogen and oxygen atoms in total. The number of ether oxygens (including phenoxy) is 1. The van der Waals surface area contributed by atoms with E-state index in [0.717, 1.165) is 0 Å². The molecule has 0 atom stereocenters. The summed E-state index contributed by atoms with van der Waals surface area (Å²) >= 11 is 0. The van der Waals surface area contributed by atoms with Gasteiger partial charge >= 0.3 is 6.61 Å². The highest BCUT2D eigenvalue weighted by Crippen LogP contribution is 2.24. The van der Waals surface area contributed by atoms with Crippen molar-refractivity contribution < 1.29 is 23.7 Å². The quantitative estimate of drug-likeness (QED) is 0.833. The first-order valence-electron chi connectivity index (χ1n) is 6.38. The van der Waals surface area contributed by atoms with Gasteiger partial charge in [-0.15, -0.1) is 0 Å². The molecule has 0 saturated carbocycles. The fraction of sp³-hybridized carbons (Fsp3) is 0.200. The number of hydrogen-bond donors (Lipinski definition) is 2. The summed E-state index contributed by atoms with van der Waals surface area (Å²) in [6.45, 7) is -1.54. The largest absolute Gasteiger partial charge is 0.505 e. The van der Waals surface area contributed by atoms with Gasteiger partial charge in [-0.1, -0.05) is 0 Å². The number of benzene rings is 1. The number of aromatic hydroxyl groups is 1. The average molecular weight is 308 g/mol. The van der Waals surface area contributed by atoms with Crippen molar-refractivity contribution in [1.82, 2.24) is 4.98 Å². The standard InChI is InChI=1S/C15H14F2N2O3/c1-9-14(21)13(10(8-20)6-18-9)7-19-11-2-4-12(5-3-11)22-15(16)17/h2-7,15,20-21H,8H2,1H3. The molecule has 0 fully saturated rings. The lowest BCUT2D eigenvalue weighted by molar-refractivity contribution is -0.0498. The molecule has 0 amide bonds. The van der Waals surface area contributed by atoms with E-state index in [0.29, 0.717) is 22.5 Å². The van der Waals surface area contributed by atoms with Crippen LogP contribution in [0.1, 0.15) is 16.8 Å². The maximum Gasteiger partial charge on any atom is 0.387 e. The lowest BCUT2D eigenvalue weighted by Gasteiger charge is -2.07. The van der Waals surface area contributed by atoms with E-state index in [1.165, 1.54) is 36.7 Å². The van der Waals surface area contributed by atoms with E-state index in [2.05, 4.69) is 14.7 Å². The molecule has 0 aliphatic heterocycles. The summed E-state index contributed by atoms with van der Waals surface area (Å²) in [5, 5.41) is 19.2. The summed E-state index contributed by atoms with van der Waals surface area (Å²) in [5.41, 5.74) is 1.70. The molecule has 1 heterocycles. The topological polar surface area (TPSA) is 74.9 Å². The highest BCUT2D eigenvalue weighted by atomic mass is 19.3. The summed E-state index contributed by atoms with van der Waals surface area (Å²) < 4.78 is 28.3.